The maximum absolute atomic E-state index is 14.1. The summed E-state index contributed by atoms with van der Waals surface area (Å²) in [6.45, 7) is 2.18. The lowest BCUT2D eigenvalue weighted by molar-refractivity contribution is 0.0485. The third-order valence-corrected chi connectivity index (χ3v) is 2.85. The van der Waals surface area contributed by atoms with Crippen molar-refractivity contribution in [1.29, 1.82) is 0 Å². The summed E-state index contributed by atoms with van der Waals surface area (Å²) in [6, 6.07) is 9.33. The van der Waals surface area contributed by atoms with E-state index < -0.39 is 0 Å². The van der Waals surface area contributed by atoms with Crippen molar-refractivity contribution in [2.24, 2.45) is 0 Å². The van der Waals surface area contributed by atoms with Crippen molar-refractivity contribution in [3.05, 3.63) is 41.7 Å². The monoisotopic (exact) mass is 248 g/mol. The van der Waals surface area contributed by atoms with Crippen LogP contribution in [0, 0.1) is 5.82 Å². The lowest BCUT2D eigenvalue weighted by atomic mass is 10.0. The Kier molecular flexibility index (Phi) is 4.15. The zero-order valence-electron chi connectivity index (χ0n) is 10.7. The second kappa shape index (κ2) is 5.83. The van der Waals surface area contributed by atoms with Gasteiger partial charge in [-0.1, -0.05) is 37.6 Å². The Labute approximate surface area is 106 Å². The minimum atomic E-state index is -0.326. The fourth-order valence-corrected chi connectivity index (χ4v) is 2.00. The number of aryl methyl sites for hydroxylation is 1. The van der Waals surface area contributed by atoms with E-state index in [1.54, 1.807) is 6.07 Å². The fourth-order valence-electron chi connectivity index (χ4n) is 2.00. The highest BCUT2D eigenvalue weighted by Crippen LogP contribution is 2.27. The molecule has 2 aromatic rings. The highest BCUT2D eigenvalue weighted by molar-refractivity contribution is 5.85. The van der Waals surface area contributed by atoms with Crippen LogP contribution in [0.2, 0.25) is 0 Å². The van der Waals surface area contributed by atoms with Crippen LogP contribution in [0.5, 0.6) is 5.75 Å². The number of methoxy groups -OCH3 is 1. The van der Waals surface area contributed by atoms with Crippen LogP contribution in [0.1, 0.15) is 18.9 Å². The predicted molar refractivity (Wildman–Crippen MR) is 70.4 cm³/mol. The molecule has 0 saturated heterocycles. The van der Waals surface area contributed by atoms with E-state index in [4.69, 9.17) is 9.47 Å². The highest BCUT2D eigenvalue weighted by Gasteiger charge is 2.08. The Hall–Kier alpha value is -1.61. The van der Waals surface area contributed by atoms with Crippen molar-refractivity contribution in [1.82, 2.24) is 0 Å². The number of fused-ring (bicyclic) bond motifs is 1. The normalized spacial score (nSPS) is 10.8. The van der Waals surface area contributed by atoms with Crippen LogP contribution in [0.15, 0.2) is 30.3 Å². The molecule has 0 fully saturated rings. The molecule has 0 bridgehead atoms. The second-order valence-electron chi connectivity index (χ2n) is 4.23. The maximum Gasteiger partial charge on any atom is 0.188 e. The van der Waals surface area contributed by atoms with Crippen LogP contribution in [-0.4, -0.2) is 13.9 Å². The third-order valence-electron chi connectivity index (χ3n) is 2.85. The van der Waals surface area contributed by atoms with E-state index in [9.17, 15) is 4.39 Å². The number of hydrogen-bond acceptors (Lipinski definition) is 2. The van der Waals surface area contributed by atoms with Crippen molar-refractivity contribution in [2.45, 2.75) is 19.8 Å². The van der Waals surface area contributed by atoms with Gasteiger partial charge in [0.15, 0.2) is 18.4 Å². The summed E-state index contributed by atoms with van der Waals surface area (Å²) in [5.74, 6) is -0.0970. The molecule has 0 aliphatic heterocycles. The molecule has 2 rings (SSSR count). The molecule has 3 heteroatoms. The highest BCUT2D eigenvalue weighted by atomic mass is 19.1. The van der Waals surface area contributed by atoms with Crippen LogP contribution < -0.4 is 4.74 Å². The molecule has 0 radical (unpaired) electrons. The lowest BCUT2D eigenvalue weighted by Crippen LogP contribution is -2.01. The van der Waals surface area contributed by atoms with Crippen LogP contribution in [0.25, 0.3) is 10.8 Å². The molecule has 0 saturated carbocycles. The number of rotatable bonds is 5. The summed E-state index contributed by atoms with van der Waals surface area (Å²) in [4.78, 5) is 0. The number of benzene rings is 2. The molecular formula is C15H17FO2. The van der Waals surface area contributed by atoms with Gasteiger partial charge in [-0.3, -0.25) is 0 Å². The van der Waals surface area contributed by atoms with Crippen LogP contribution in [-0.2, 0) is 11.2 Å². The van der Waals surface area contributed by atoms with Gasteiger partial charge in [-0.15, -0.1) is 0 Å². The van der Waals surface area contributed by atoms with E-state index in [2.05, 4.69) is 6.92 Å². The van der Waals surface area contributed by atoms with Crippen molar-refractivity contribution in [3.8, 4) is 5.75 Å². The second-order valence-corrected chi connectivity index (χ2v) is 4.23. The summed E-state index contributed by atoms with van der Waals surface area (Å²) >= 11 is 0. The largest absolute Gasteiger partial charge is 0.464 e. The Morgan fingerprint density at radius 2 is 2.00 bits per heavy atom. The molecule has 0 aliphatic carbocycles. The van der Waals surface area contributed by atoms with Gasteiger partial charge in [0.1, 0.15) is 0 Å². The molecule has 0 N–H and O–H groups in total. The first-order chi connectivity index (χ1) is 8.76. The minimum absolute atomic E-state index is 0.0519. The SMILES string of the molecule is CCCc1ccc2c(F)c(OCOC)ccc2c1. The number of halogens is 1. The molecule has 18 heavy (non-hydrogen) atoms. The van der Waals surface area contributed by atoms with Crippen LogP contribution in [0.4, 0.5) is 4.39 Å². The predicted octanol–water partition coefficient (Wildman–Crippen LogP) is 3.91. The Balaban J connectivity index is 2.38. The molecule has 2 nitrogen and oxygen atoms in total. The summed E-state index contributed by atoms with van der Waals surface area (Å²) in [5, 5.41) is 1.49. The molecule has 0 heterocycles. The van der Waals surface area contributed by atoms with E-state index in [1.807, 2.05) is 24.3 Å². The molecule has 96 valence electrons. The van der Waals surface area contributed by atoms with Crippen LogP contribution in [0.3, 0.4) is 0 Å². The van der Waals surface area contributed by atoms with E-state index in [-0.39, 0.29) is 18.4 Å². The maximum atomic E-state index is 14.1. The summed E-state index contributed by atoms with van der Waals surface area (Å²) < 4.78 is 24.1. The van der Waals surface area contributed by atoms with Crippen molar-refractivity contribution in [2.75, 3.05) is 13.9 Å². The molecule has 0 aromatic heterocycles. The first-order valence-corrected chi connectivity index (χ1v) is 6.09. The zero-order chi connectivity index (χ0) is 13.0. The third kappa shape index (κ3) is 2.62. The standard InChI is InChI=1S/C15H17FO2/c1-3-4-11-5-7-13-12(9-11)6-8-14(15(13)16)18-10-17-2/h5-9H,3-4,10H2,1-2H3. The topological polar surface area (TPSA) is 18.5 Å². The number of ether oxygens (including phenoxy) is 2. The quantitative estimate of drug-likeness (QED) is 0.747. The Bertz CT molecular complexity index is 537. The summed E-state index contributed by atoms with van der Waals surface area (Å²) in [5.41, 5.74) is 1.23. The summed E-state index contributed by atoms with van der Waals surface area (Å²) in [7, 11) is 1.51. The fraction of sp³-hybridized carbons (Fsp3) is 0.333. The Morgan fingerprint density at radius 3 is 2.72 bits per heavy atom. The van der Waals surface area contributed by atoms with Gasteiger partial charge in [-0.25, -0.2) is 4.39 Å². The van der Waals surface area contributed by atoms with Gasteiger partial charge in [0.25, 0.3) is 0 Å². The van der Waals surface area contributed by atoms with Gasteiger partial charge in [-0.05, 0) is 23.4 Å². The van der Waals surface area contributed by atoms with Crippen LogP contribution >= 0.6 is 0 Å². The molecule has 2 aromatic carbocycles. The van der Waals surface area contributed by atoms with Crippen molar-refractivity contribution >= 4 is 10.8 Å². The average Bonchev–Trinajstić information content (AvgIpc) is 2.38. The Morgan fingerprint density at radius 1 is 1.17 bits per heavy atom. The minimum Gasteiger partial charge on any atom is -0.464 e. The van der Waals surface area contributed by atoms with Gasteiger partial charge in [-0.2, -0.15) is 0 Å². The molecular weight excluding hydrogens is 231 g/mol. The first-order valence-electron chi connectivity index (χ1n) is 6.09. The number of hydrogen-bond donors (Lipinski definition) is 0. The van der Waals surface area contributed by atoms with Crippen molar-refractivity contribution < 1.29 is 13.9 Å². The van der Waals surface area contributed by atoms with Crippen molar-refractivity contribution in [3.63, 3.8) is 0 Å². The molecule has 0 unspecified atom stereocenters. The first kappa shape index (κ1) is 12.8. The lowest BCUT2D eigenvalue weighted by Gasteiger charge is -2.09. The smallest absolute Gasteiger partial charge is 0.188 e. The van der Waals surface area contributed by atoms with E-state index in [1.165, 1.54) is 12.7 Å². The molecule has 0 spiro atoms. The summed E-state index contributed by atoms with van der Waals surface area (Å²) in [6.07, 6.45) is 2.10. The van der Waals surface area contributed by atoms with Gasteiger partial charge in [0, 0.05) is 12.5 Å². The molecule has 0 aliphatic rings. The van der Waals surface area contributed by atoms with E-state index in [0.29, 0.717) is 5.39 Å². The van der Waals surface area contributed by atoms with Gasteiger partial charge < -0.3 is 9.47 Å². The zero-order valence-corrected chi connectivity index (χ0v) is 10.7. The molecule has 0 atom stereocenters. The average molecular weight is 248 g/mol. The molecule has 0 amide bonds. The van der Waals surface area contributed by atoms with E-state index >= 15 is 0 Å². The van der Waals surface area contributed by atoms with Gasteiger partial charge in [0.05, 0.1) is 0 Å². The van der Waals surface area contributed by atoms with E-state index in [0.717, 1.165) is 18.2 Å². The van der Waals surface area contributed by atoms with Gasteiger partial charge >= 0.3 is 0 Å². The van der Waals surface area contributed by atoms with Gasteiger partial charge in [0.2, 0.25) is 0 Å².